The van der Waals surface area contributed by atoms with Crippen LogP contribution in [0.1, 0.15) is 23.6 Å². The topological polar surface area (TPSA) is 74.8 Å². The third-order valence-corrected chi connectivity index (χ3v) is 4.32. The Labute approximate surface area is 154 Å². The van der Waals surface area contributed by atoms with Crippen molar-refractivity contribution in [2.24, 2.45) is 0 Å². The molecule has 1 aromatic heterocycles. The van der Waals surface area contributed by atoms with E-state index in [1.807, 2.05) is 0 Å². The highest BCUT2D eigenvalue weighted by Gasteiger charge is 2.39. The van der Waals surface area contributed by atoms with Crippen molar-refractivity contribution in [2.45, 2.75) is 38.1 Å². The van der Waals surface area contributed by atoms with Gasteiger partial charge in [0.2, 0.25) is 11.7 Å². The second kappa shape index (κ2) is 7.41. The number of alkyl halides is 3. The molecule has 1 N–H and O–H groups in total. The number of carbonyl (C=O) groups excluding carboxylic acids is 1. The number of fused-ring (bicyclic) bond motifs is 1. The molecule has 0 unspecified atom stereocenters. The molecule has 0 spiro atoms. The lowest BCUT2D eigenvalue weighted by Gasteiger charge is -2.30. The number of rotatable bonds is 4. The summed E-state index contributed by atoms with van der Waals surface area (Å²) in [5.74, 6) is -5.40. The van der Waals surface area contributed by atoms with Gasteiger partial charge in [-0.1, -0.05) is 0 Å². The highest BCUT2D eigenvalue weighted by molar-refractivity contribution is 5.77. The van der Waals surface area contributed by atoms with Gasteiger partial charge >= 0.3 is 6.18 Å². The zero-order chi connectivity index (χ0) is 20.6. The number of benzene rings is 1. The largest absolute Gasteiger partial charge is 0.674 e. The first kappa shape index (κ1) is 20.1. The molecule has 1 atom stereocenters. The van der Waals surface area contributed by atoms with Crippen LogP contribution in [0.5, 0.6) is 0 Å². The molecule has 0 fully saturated rings. The fourth-order valence-electron chi connectivity index (χ4n) is 3.02. The number of hydrogen-bond acceptors (Lipinski definition) is 3. The molecule has 2 aromatic rings. The number of nitrogens with zero attached hydrogens (tertiary/aromatic N) is 4. The molecule has 28 heavy (non-hydrogen) atoms. The van der Waals surface area contributed by atoms with Crippen molar-refractivity contribution in [1.82, 2.24) is 19.7 Å². The SMILES string of the molecule is [NH-][C@@H](CC(=O)N1CCn2c(nnc2C(F)(F)F)C1)Cc1cc(F)cc(F)c1F. The van der Waals surface area contributed by atoms with Crippen LogP contribution >= 0.6 is 0 Å². The second-order valence-electron chi connectivity index (χ2n) is 6.37. The Morgan fingerprint density at radius 3 is 2.57 bits per heavy atom. The van der Waals surface area contributed by atoms with Gasteiger partial charge in [-0.3, -0.25) is 4.79 Å². The first-order chi connectivity index (χ1) is 13.1. The number of amides is 1. The first-order valence-electron chi connectivity index (χ1n) is 8.18. The van der Waals surface area contributed by atoms with Crippen molar-refractivity contribution >= 4 is 5.91 Å². The summed E-state index contributed by atoms with van der Waals surface area (Å²) in [6.07, 6.45) is -5.44. The van der Waals surface area contributed by atoms with Gasteiger partial charge < -0.3 is 15.2 Å². The lowest BCUT2D eigenvalue weighted by atomic mass is 10.0. The van der Waals surface area contributed by atoms with Crippen LogP contribution in [0.2, 0.25) is 0 Å². The van der Waals surface area contributed by atoms with Crippen molar-refractivity contribution in [1.29, 1.82) is 0 Å². The lowest BCUT2D eigenvalue weighted by Crippen LogP contribution is -2.40. The third kappa shape index (κ3) is 4.11. The van der Waals surface area contributed by atoms with Gasteiger partial charge in [-0.2, -0.15) is 13.2 Å². The fraction of sp³-hybridized carbons (Fsp3) is 0.438. The van der Waals surface area contributed by atoms with Crippen LogP contribution in [0.4, 0.5) is 26.3 Å². The predicted octanol–water partition coefficient (Wildman–Crippen LogP) is 3.11. The molecule has 0 bridgehead atoms. The average Bonchev–Trinajstić information content (AvgIpc) is 3.02. The summed E-state index contributed by atoms with van der Waals surface area (Å²) in [6, 6.07) is -0.0529. The first-order valence-corrected chi connectivity index (χ1v) is 8.18. The van der Waals surface area contributed by atoms with E-state index in [0.29, 0.717) is 6.07 Å². The number of halogens is 6. The molecular weight excluding hydrogens is 392 g/mol. The predicted molar refractivity (Wildman–Crippen MR) is 83.2 cm³/mol. The molecule has 0 saturated carbocycles. The molecule has 152 valence electrons. The zero-order valence-corrected chi connectivity index (χ0v) is 14.2. The van der Waals surface area contributed by atoms with Crippen LogP contribution in [0.3, 0.4) is 0 Å². The Bertz CT molecular complexity index is 896. The van der Waals surface area contributed by atoms with Gasteiger partial charge in [-0.25, -0.2) is 13.2 Å². The number of aromatic nitrogens is 3. The number of carbonyl (C=O) groups is 1. The molecule has 1 aromatic carbocycles. The Balaban J connectivity index is 1.64. The molecule has 1 aliphatic rings. The lowest BCUT2D eigenvalue weighted by molar-refractivity contribution is -0.148. The van der Waals surface area contributed by atoms with Gasteiger partial charge in [-0.05, 0) is 18.1 Å². The molecule has 12 heteroatoms. The Morgan fingerprint density at radius 1 is 1.18 bits per heavy atom. The minimum absolute atomic E-state index is 0.0355. The van der Waals surface area contributed by atoms with Crippen LogP contribution in [0.15, 0.2) is 12.1 Å². The van der Waals surface area contributed by atoms with E-state index in [-0.39, 0.29) is 31.0 Å². The van der Waals surface area contributed by atoms with E-state index in [2.05, 4.69) is 10.2 Å². The van der Waals surface area contributed by atoms with E-state index in [4.69, 9.17) is 5.73 Å². The quantitative estimate of drug-likeness (QED) is 0.579. The average molecular weight is 406 g/mol. The van der Waals surface area contributed by atoms with Crippen LogP contribution in [-0.4, -0.2) is 38.2 Å². The normalized spacial score (nSPS) is 15.5. The van der Waals surface area contributed by atoms with Crippen molar-refractivity contribution in [3.8, 4) is 0 Å². The summed E-state index contributed by atoms with van der Waals surface area (Å²) in [5, 5.41) is 6.56. The van der Waals surface area contributed by atoms with Crippen molar-refractivity contribution in [2.75, 3.05) is 6.54 Å². The molecule has 1 aliphatic heterocycles. The fourth-order valence-corrected chi connectivity index (χ4v) is 3.02. The molecule has 0 aliphatic carbocycles. The van der Waals surface area contributed by atoms with E-state index < -0.39 is 54.2 Å². The van der Waals surface area contributed by atoms with E-state index >= 15 is 0 Å². The molecule has 1 amide bonds. The van der Waals surface area contributed by atoms with Gasteiger partial charge in [0.1, 0.15) is 5.82 Å². The molecule has 0 saturated heterocycles. The van der Waals surface area contributed by atoms with Gasteiger partial charge in [0.15, 0.2) is 17.5 Å². The number of hydrogen-bond donors (Lipinski definition) is 0. The summed E-state index contributed by atoms with van der Waals surface area (Å²) in [6.45, 7) is -0.407. The zero-order valence-electron chi connectivity index (χ0n) is 14.2. The Morgan fingerprint density at radius 2 is 1.89 bits per heavy atom. The molecule has 2 heterocycles. The maximum absolute atomic E-state index is 13.7. The monoisotopic (exact) mass is 406 g/mol. The van der Waals surface area contributed by atoms with E-state index in [9.17, 15) is 31.1 Å². The standard InChI is InChI=1S/C16H14F6N5O/c17-9-3-8(14(19)11(18)5-9)4-10(23)6-13(28)26-1-2-27-12(7-26)24-25-15(27)16(20,21)22/h3,5,10,23H,1-2,4,6-7H2/q-1/t10-/m1/s1. The summed E-state index contributed by atoms with van der Waals surface area (Å²) in [4.78, 5) is 13.5. The van der Waals surface area contributed by atoms with Crippen LogP contribution < -0.4 is 0 Å². The van der Waals surface area contributed by atoms with E-state index in [1.54, 1.807) is 0 Å². The minimum atomic E-state index is -4.66. The van der Waals surface area contributed by atoms with E-state index in [0.717, 1.165) is 10.6 Å². The van der Waals surface area contributed by atoms with Crippen molar-refractivity contribution in [3.63, 3.8) is 0 Å². The second-order valence-corrected chi connectivity index (χ2v) is 6.37. The molecule has 6 nitrogen and oxygen atoms in total. The molecule has 0 radical (unpaired) electrons. The Hall–Kier alpha value is -2.63. The molecule has 3 rings (SSSR count). The summed E-state index contributed by atoms with van der Waals surface area (Å²) in [5.41, 5.74) is 7.52. The Kier molecular flexibility index (Phi) is 5.33. The highest BCUT2D eigenvalue weighted by Crippen LogP contribution is 2.29. The summed E-state index contributed by atoms with van der Waals surface area (Å²) in [7, 11) is 0. The third-order valence-electron chi connectivity index (χ3n) is 4.32. The van der Waals surface area contributed by atoms with Gasteiger partial charge in [0.25, 0.3) is 0 Å². The minimum Gasteiger partial charge on any atom is -0.674 e. The van der Waals surface area contributed by atoms with Crippen molar-refractivity contribution in [3.05, 3.63) is 52.5 Å². The van der Waals surface area contributed by atoms with Gasteiger partial charge in [0, 0.05) is 25.6 Å². The van der Waals surface area contributed by atoms with Crippen LogP contribution in [0, 0.1) is 17.5 Å². The van der Waals surface area contributed by atoms with Gasteiger partial charge in [-0.15, -0.1) is 16.2 Å². The maximum Gasteiger partial charge on any atom is 0.451 e. The molecular formula is C16H14F6N5O-. The maximum atomic E-state index is 13.7. The smallest absolute Gasteiger partial charge is 0.451 e. The van der Waals surface area contributed by atoms with E-state index in [1.165, 1.54) is 4.90 Å². The number of nitrogens with one attached hydrogen (secondary N) is 1. The summed E-state index contributed by atoms with van der Waals surface area (Å²) < 4.78 is 79.4. The van der Waals surface area contributed by atoms with Gasteiger partial charge in [0.05, 0.1) is 6.54 Å². The summed E-state index contributed by atoms with van der Waals surface area (Å²) >= 11 is 0. The highest BCUT2D eigenvalue weighted by atomic mass is 19.4. The van der Waals surface area contributed by atoms with Crippen LogP contribution in [-0.2, 0) is 30.5 Å². The van der Waals surface area contributed by atoms with Crippen molar-refractivity contribution < 1.29 is 31.1 Å². The van der Waals surface area contributed by atoms with Crippen LogP contribution in [0.25, 0.3) is 5.73 Å².